The summed E-state index contributed by atoms with van der Waals surface area (Å²) in [5, 5.41) is 9.92. The van der Waals surface area contributed by atoms with E-state index in [9.17, 15) is 4.79 Å². The molecule has 0 unspecified atom stereocenters. The summed E-state index contributed by atoms with van der Waals surface area (Å²) in [6, 6.07) is 8.08. The molecule has 5 heteroatoms. The highest BCUT2D eigenvalue weighted by Gasteiger charge is 2.25. The van der Waals surface area contributed by atoms with Gasteiger partial charge in [0.15, 0.2) is 0 Å². The third kappa shape index (κ3) is 3.47. The Labute approximate surface area is 130 Å². The van der Waals surface area contributed by atoms with Gasteiger partial charge in [0.05, 0.1) is 24.1 Å². The van der Waals surface area contributed by atoms with E-state index in [4.69, 9.17) is 4.74 Å². The zero-order valence-corrected chi connectivity index (χ0v) is 12.8. The maximum absolute atomic E-state index is 12.2. The van der Waals surface area contributed by atoms with Crippen LogP contribution in [-0.4, -0.2) is 28.8 Å². The zero-order chi connectivity index (χ0) is 15.4. The molecule has 116 valence electrons. The molecule has 3 rings (SSSR count). The maximum atomic E-state index is 12.2. The molecule has 0 atom stereocenters. The first-order valence-corrected chi connectivity index (χ1v) is 7.85. The van der Waals surface area contributed by atoms with Crippen molar-refractivity contribution >= 4 is 5.91 Å². The van der Waals surface area contributed by atoms with Gasteiger partial charge in [0.1, 0.15) is 5.75 Å². The molecule has 1 aromatic heterocycles. The lowest BCUT2D eigenvalue weighted by molar-refractivity contribution is 0.0952. The molecule has 1 aliphatic rings. The molecule has 1 amide bonds. The van der Waals surface area contributed by atoms with E-state index in [1.54, 1.807) is 6.20 Å². The first kappa shape index (κ1) is 14.6. The molecule has 1 saturated carbocycles. The molecule has 0 spiro atoms. The van der Waals surface area contributed by atoms with Gasteiger partial charge in [0.25, 0.3) is 5.91 Å². The maximum Gasteiger partial charge on any atom is 0.255 e. The predicted molar refractivity (Wildman–Crippen MR) is 84.9 cm³/mol. The minimum atomic E-state index is -0.0606. The number of carbonyl (C=O) groups is 1. The van der Waals surface area contributed by atoms with Crippen LogP contribution in [0.3, 0.4) is 0 Å². The number of amides is 1. The van der Waals surface area contributed by atoms with Crippen molar-refractivity contribution in [3.63, 3.8) is 0 Å². The van der Waals surface area contributed by atoms with Crippen molar-refractivity contribution in [2.45, 2.75) is 38.6 Å². The van der Waals surface area contributed by atoms with Crippen LogP contribution in [0.25, 0.3) is 11.3 Å². The van der Waals surface area contributed by atoms with Crippen molar-refractivity contribution in [1.29, 1.82) is 0 Å². The molecular weight excluding hydrogens is 278 g/mol. The molecule has 1 fully saturated rings. The van der Waals surface area contributed by atoms with Crippen LogP contribution in [-0.2, 0) is 0 Å². The number of carbonyl (C=O) groups excluding carboxylic acids is 1. The third-order valence-corrected chi connectivity index (χ3v) is 3.71. The number of unbranched alkanes of at least 4 members (excludes halogenated alkanes) is 1. The number of hydrogen-bond donors (Lipinski definition) is 2. The summed E-state index contributed by atoms with van der Waals surface area (Å²) in [6.45, 7) is 2.87. The minimum Gasteiger partial charge on any atom is -0.494 e. The number of aromatic amines is 1. The fraction of sp³-hybridized carbons (Fsp3) is 0.412. The van der Waals surface area contributed by atoms with E-state index in [1.165, 1.54) is 0 Å². The second-order valence-corrected chi connectivity index (χ2v) is 5.63. The van der Waals surface area contributed by atoms with Crippen LogP contribution in [0.5, 0.6) is 5.75 Å². The first-order chi connectivity index (χ1) is 10.8. The van der Waals surface area contributed by atoms with Gasteiger partial charge in [-0.25, -0.2) is 0 Å². The van der Waals surface area contributed by atoms with E-state index in [-0.39, 0.29) is 5.91 Å². The molecule has 1 aliphatic carbocycles. The van der Waals surface area contributed by atoms with E-state index >= 15 is 0 Å². The summed E-state index contributed by atoms with van der Waals surface area (Å²) in [7, 11) is 0. The number of hydrogen-bond acceptors (Lipinski definition) is 3. The Morgan fingerprint density at radius 2 is 2.14 bits per heavy atom. The molecule has 1 heterocycles. The van der Waals surface area contributed by atoms with Crippen LogP contribution in [0.15, 0.2) is 30.5 Å². The van der Waals surface area contributed by atoms with Crippen LogP contribution < -0.4 is 10.1 Å². The Morgan fingerprint density at radius 3 is 2.82 bits per heavy atom. The standard InChI is InChI=1S/C17H21N3O2/c1-2-3-10-22-14-8-4-12(5-9-14)16-15(11-18-20-16)17(21)19-13-6-7-13/h4-5,8-9,11,13H,2-3,6-7,10H2,1H3,(H,18,20)(H,19,21). The van der Waals surface area contributed by atoms with Crippen molar-refractivity contribution in [2.24, 2.45) is 0 Å². The molecule has 0 aliphatic heterocycles. The minimum absolute atomic E-state index is 0.0606. The Kier molecular flexibility index (Phi) is 4.42. The van der Waals surface area contributed by atoms with E-state index in [2.05, 4.69) is 22.4 Å². The van der Waals surface area contributed by atoms with Gasteiger partial charge in [-0.15, -0.1) is 0 Å². The van der Waals surface area contributed by atoms with Gasteiger partial charge in [-0.3, -0.25) is 9.89 Å². The normalized spacial score (nSPS) is 13.9. The molecule has 22 heavy (non-hydrogen) atoms. The fourth-order valence-electron chi connectivity index (χ4n) is 2.22. The van der Waals surface area contributed by atoms with E-state index < -0.39 is 0 Å². The Hall–Kier alpha value is -2.30. The topological polar surface area (TPSA) is 67.0 Å². The summed E-state index contributed by atoms with van der Waals surface area (Å²) in [5.74, 6) is 0.787. The highest BCUT2D eigenvalue weighted by molar-refractivity contribution is 6.00. The first-order valence-electron chi connectivity index (χ1n) is 7.85. The van der Waals surface area contributed by atoms with Crippen molar-refractivity contribution in [2.75, 3.05) is 6.61 Å². The van der Waals surface area contributed by atoms with Gasteiger partial charge in [-0.2, -0.15) is 5.10 Å². The number of ether oxygens (including phenoxy) is 1. The van der Waals surface area contributed by atoms with E-state index in [0.717, 1.165) is 49.3 Å². The van der Waals surface area contributed by atoms with Gasteiger partial charge in [0, 0.05) is 11.6 Å². The van der Waals surface area contributed by atoms with Crippen LogP contribution in [0, 0.1) is 0 Å². The molecule has 0 radical (unpaired) electrons. The summed E-state index contributed by atoms with van der Waals surface area (Å²) >= 11 is 0. The molecule has 0 saturated heterocycles. The number of benzene rings is 1. The van der Waals surface area contributed by atoms with Crippen molar-refractivity contribution in [3.05, 3.63) is 36.0 Å². The smallest absolute Gasteiger partial charge is 0.255 e. The van der Waals surface area contributed by atoms with E-state index in [1.807, 2.05) is 24.3 Å². The number of nitrogens with one attached hydrogen (secondary N) is 2. The lowest BCUT2D eigenvalue weighted by Crippen LogP contribution is -2.25. The number of H-pyrrole nitrogens is 1. The lowest BCUT2D eigenvalue weighted by atomic mass is 10.1. The summed E-state index contributed by atoms with van der Waals surface area (Å²) in [6.07, 6.45) is 5.89. The Morgan fingerprint density at radius 1 is 1.36 bits per heavy atom. The predicted octanol–water partition coefficient (Wildman–Crippen LogP) is 3.15. The Bertz CT molecular complexity index is 630. The monoisotopic (exact) mass is 299 g/mol. The van der Waals surface area contributed by atoms with Crippen LogP contribution >= 0.6 is 0 Å². The fourth-order valence-corrected chi connectivity index (χ4v) is 2.22. The van der Waals surface area contributed by atoms with Crippen molar-refractivity contribution < 1.29 is 9.53 Å². The summed E-state index contributed by atoms with van der Waals surface area (Å²) < 4.78 is 5.65. The number of nitrogens with zero attached hydrogens (tertiary/aromatic N) is 1. The number of aromatic nitrogens is 2. The Balaban J connectivity index is 1.71. The van der Waals surface area contributed by atoms with Gasteiger partial charge in [0.2, 0.25) is 0 Å². The average Bonchev–Trinajstić information content (AvgIpc) is 3.20. The molecule has 1 aromatic carbocycles. The van der Waals surface area contributed by atoms with Crippen LogP contribution in [0.1, 0.15) is 43.0 Å². The molecule has 2 aromatic rings. The van der Waals surface area contributed by atoms with Gasteiger partial charge in [-0.1, -0.05) is 13.3 Å². The largest absolute Gasteiger partial charge is 0.494 e. The van der Waals surface area contributed by atoms with Crippen molar-refractivity contribution in [1.82, 2.24) is 15.5 Å². The second-order valence-electron chi connectivity index (χ2n) is 5.63. The highest BCUT2D eigenvalue weighted by atomic mass is 16.5. The van der Waals surface area contributed by atoms with Crippen LogP contribution in [0.4, 0.5) is 0 Å². The van der Waals surface area contributed by atoms with Crippen molar-refractivity contribution in [3.8, 4) is 17.0 Å². The van der Waals surface area contributed by atoms with Gasteiger partial charge < -0.3 is 10.1 Å². The average molecular weight is 299 g/mol. The third-order valence-electron chi connectivity index (χ3n) is 3.71. The van der Waals surface area contributed by atoms with Crippen LogP contribution in [0.2, 0.25) is 0 Å². The van der Waals surface area contributed by atoms with E-state index in [0.29, 0.717) is 11.6 Å². The lowest BCUT2D eigenvalue weighted by Gasteiger charge is -2.07. The highest BCUT2D eigenvalue weighted by Crippen LogP contribution is 2.25. The SMILES string of the molecule is CCCCOc1ccc(-c2[nH]ncc2C(=O)NC2CC2)cc1. The second kappa shape index (κ2) is 6.64. The summed E-state index contributed by atoms with van der Waals surface area (Å²) in [4.78, 5) is 12.2. The number of rotatable bonds is 7. The molecular formula is C17H21N3O2. The van der Waals surface area contributed by atoms with Gasteiger partial charge in [-0.05, 0) is 43.5 Å². The van der Waals surface area contributed by atoms with Gasteiger partial charge >= 0.3 is 0 Å². The molecule has 2 N–H and O–H groups in total. The molecule has 0 bridgehead atoms. The quantitative estimate of drug-likeness (QED) is 0.772. The zero-order valence-electron chi connectivity index (χ0n) is 12.8. The summed E-state index contributed by atoms with van der Waals surface area (Å²) in [5.41, 5.74) is 2.27. The molecule has 5 nitrogen and oxygen atoms in total.